The summed E-state index contributed by atoms with van der Waals surface area (Å²) >= 11 is 0. The van der Waals surface area contributed by atoms with Gasteiger partial charge in [-0.3, -0.25) is 10.1 Å². The molecule has 2 rings (SSSR count). The third-order valence-corrected chi connectivity index (χ3v) is 2.63. The normalized spacial score (nSPS) is 13.3. The number of hydrogen-bond donors (Lipinski definition) is 1. The Balaban J connectivity index is 2.30. The first-order valence-corrected chi connectivity index (χ1v) is 5.51. The van der Waals surface area contributed by atoms with Gasteiger partial charge >= 0.3 is 6.09 Å². The zero-order valence-corrected chi connectivity index (χ0v) is 10.2. The van der Waals surface area contributed by atoms with Gasteiger partial charge in [0.15, 0.2) is 0 Å². The first kappa shape index (κ1) is 12.2. The van der Waals surface area contributed by atoms with Crippen LogP contribution in [-0.2, 0) is 9.53 Å². The maximum atomic E-state index is 11.5. The van der Waals surface area contributed by atoms with E-state index in [0.717, 1.165) is 0 Å². The minimum atomic E-state index is -0.555. The molecule has 96 valence electrons. The van der Waals surface area contributed by atoms with E-state index in [-0.39, 0.29) is 5.91 Å². The van der Waals surface area contributed by atoms with Crippen LogP contribution < -0.4 is 15.0 Å². The van der Waals surface area contributed by atoms with Crippen molar-refractivity contribution in [1.82, 2.24) is 0 Å². The van der Waals surface area contributed by atoms with Gasteiger partial charge in [0, 0.05) is 12.6 Å². The van der Waals surface area contributed by atoms with Gasteiger partial charge in [0.1, 0.15) is 12.4 Å². The van der Waals surface area contributed by atoms with Crippen LogP contribution in [0.4, 0.5) is 16.2 Å². The number of anilines is 2. The lowest BCUT2D eigenvalue weighted by atomic mass is 10.2. The molecule has 0 aromatic heterocycles. The van der Waals surface area contributed by atoms with Crippen LogP contribution in [0.15, 0.2) is 18.2 Å². The average molecular weight is 250 g/mol. The number of benzene rings is 1. The van der Waals surface area contributed by atoms with Gasteiger partial charge in [-0.05, 0) is 18.2 Å². The van der Waals surface area contributed by atoms with Crippen LogP contribution in [-0.4, -0.2) is 32.3 Å². The molecule has 6 nitrogen and oxygen atoms in total. The van der Waals surface area contributed by atoms with Crippen molar-refractivity contribution in [3.63, 3.8) is 0 Å². The number of methoxy groups -OCH3 is 1. The van der Waals surface area contributed by atoms with Gasteiger partial charge in [-0.15, -0.1) is 0 Å². The van der Waals surface area contributed by atoms with Crippen molar-refractivity contribution in [2.75, 3.05) is 30.5 Å². The van der Waals surface area contributed by atoms with E-state index in [0.29, 0.717) is 30.3 Å². The van der Waals surface area contributed by atoms with Crippen LogP contribution in [0.3, 0.4) is 0 Å². The summed E-state index contributed by atoms with van der Waals surface area (Å²) in [6.45, 7) is 2.47. The van der Waals surface area contributed by atoms with Crippen LogP contribution in [0.2, 0.25) is 0 Å². The van der Waals surface area contributed by atoms with Crippen molar-refractivity contribution in [3.8, 4) is 5.75 Å². The Morgan fingerprint density at radius 3 is 2.89 bits per heavy atom. The first-order valence-electron chi connectivity index (χ1n) is 5.51. The Morgan fingerprint density at radius 2 is 2.22 bits per heavy atom. The summed E-state index contributed by atoms with van der Waals surface area (Å²) in [5, 5.41) is 2.55. The maximum absolute atomic E-state index is 11.5. The van der Waals surface area contributed by atoms with E-state index in [1.165, 1.54) is 14.0 Å². The Labute approximate surface area is 104 Å². The second-order valence-corrected chi connectivity index (χ2v) is 3.82. The fourth-order valence-electron chi connectivity index (χ4n) is 1.79. The highest BCUT2D eigenvalue weighted by molar-refractivity contribution is 5.95. The van der Waals surface area contributed by atoms with E-state index in [4.69, 9.17) is 4.74 Å². The molecule has 1 N–H and O–H groups in total. The largest absolute Gasteiger partial charge is 0.490 e. The van der Waals surface area contributed by atoms with E-state index < -0.39 is 6.09 Å². The highest BCUT2D eigenvalue weighted by atomic mass is 16.5. The number of carbonyl (C=O) groups excluding carboxylic acids is 2. The third-order valence-electron chi connectivity index (χ3n) is 2.63. The van der Waals surface area contributed by atoms with E-state index >= 15 is 0 Å². The number of nitrogens with one attached hydrogen (secondary N) is 1. The first-order chi connectivity index (χ1) is 8.61. The maximum Gasteiger partial charge on any atom is 0.411 e. The minimum absolute atomic E-state index is 0.0604. The molecule has 0 bridgehead atoms. The van der Waals surface area contributed by atoms with Crippen molar-refractivity contribution in [2.45, 2.75) is 6.92 Å². The summed E-state index contributed by atoms with van der Waals surface area (Å²) in [6, 6.07) is 5.10. The molecule has 1 heterocycles. The van der Waals surface area contributed by atoms with Gasteiger partial charge in [0.2, 0.25) is 5.91 Å². The van der Waals surface area contributed by atoms with Gasteiger partial charge in [-0.25, -0.2) is 4.79 Å². The van der Waals surface area contributed by atoms with Crippen molar-refractivity contribution < 1.29 is 19.1 Å². The molecule has 0 unspecified atom stereocenters. The van der Waals surface area contributed by atoms with Crippen LogP contribution in [0.1, 0.15) is 6.92 Å². The lowest BCUT2D eigenvalue weighted by Crippen LogP contribution is -2.36. The summed E-state index contributed by atoms with van der Waals surface area (Å²) in [5.41, 5.74) is 1.21. The summed E-state index contributed by atoms with van der Waals surface area (Å²) < 4.78 is 9.96. The summed E-state index contributed by atoms with van der Waals surface area (Å²) in [6.07, 6.45) is -0.555. The summed E-state index contributed by atoms with van der Waals surface area (Å²) in [4.78, 5) is 24.2. The molecule has 0 fully saturated rings. The Kier molecular flexibility index (Phi) is 3.36. The van der Waals surface area contributed by atoms with Crippen molar-refractivity contribution >= 4 is 23.4 Å². The monoisotopic (exact) mass is 250 g/mol. The predicted octanol–water partition coefficient (Wildman–Crippen LogP) is 1.61. The molecule has 6 heteroatoms. The number of nitrogens with zero attached hydrogens (tertiary/aromatic N) is 1. The molecular formula is C12H14N2O4. The van der Waals surface area contributed by atoms with Crippen LogP contribution in [0.25, 0.3) is 0 Å². The van der Waals surface area contributed by atoms with Gasteiger partial charge in [-0.2, -0.15) is 0 Å². The number of hydrogen-bond acceptors (Lipinski definition) is 4. The SMILES string of the molecule is COC(=O)Nc1ccc2c(c1)N(C(C)=O)CCO2. The zero-order valence-electron chi connectivity index (χ0n) is 10.2. The summed E-state index contributed by atoms with van der Waals surface area (Å²) in [7, 11) is 1.29. The van der Waals surface area contributed by atoms with E-state index in [9.17, 15) is 9.59 Å². The molecule has 1 aliphatic rings. The quantitative estimate of drug-likeness (QED) is 0.822. The van der Waals surface area contributed by atoms with Gasteiger partial charge in [0.05, 0.1) is 19.3 Å². The molecule has 1 aromatic rings. The number of rotatable bonds is 1. The van der Waals surface area contributed by atoms with Crippen molar-refractivity contribution in [2.24, 2.45) is 0 Å². The lowest BCUT2D eigenvalue weighted by Gasteiger charge is -2.29. The van der Waals surface area contributed by atoms with Crippen LogP contribution in [0, 0.1) is 0 Å². The Hall–Kier alpha value is -2.24. The van der Waals surface area contributed by atoms with E-state index in [2.05, 4.69) is 10.1 Å². The van der Waals surface area contributed by atoms with Gasteiger partial charge in [0.25, 0.3) is 0 Å². The van der Waals surface area contributed by atoms with Gasteiger partial charge < -0.3 is 14.4 Å². The molecule has 0 aliphatic carbocycles. The van der Waals surface area contributed by atoms with Crippen LogP contribution >= 0.6 is 0 Å². The van der Waals surface area contributed by atoms with E-state index in [1.807, 2.05) is 0 Å². The fourth-order valence-corrected chi connectivity index (χ4v) is 1.79. The molecule has 2 amide bonds. The predicted molar refractivity (Wildman–Crippen MR) is 66.0 cm³/mol. The number of amides is 2. The van der Waals surface area contributed by atoms with Crippen molar-refractivity contribution in [1.29, 1.82) is 0 Å². The molecule has 18 heavy (non-hydrogen) atoms. The molecule has 0 saturated heterocycles. The topological polar surface area (TPSA) is 67.9 Å². The summed E-state index contributed by atoms with van der Waals surface area (Å²) in [5.74, 6) is 0.571. The number of carbonyl (C=O) groups is 2. The number of ether oxygens (including phenoxy) is 2. The Bertz CT molecular complexity index is 487. The molecular weight excluding hydrogens is 236 g/mol. The average Bonchev–Trinajstić information content (AvgIpc) is 2.37. The van der Waals surface area contributed by atoms with Crippen LogP contribution in [0.5, 0.6) is 5.75 Å². The van der Waals surface area contributed by atoms with E-state index in [1.54, 1.807) is 23.1 Å². The highest BCUT2D eigenvalue weighted by Crippen LogP contribution is 2.34. The standard InChI is InChI=1S/C12H14N2O4/c1-8(15)14-5-6-18-11-4-3-9(7-10(11)14)13-12(16)17-2/h3-4,7H,5-6H2,1-2H3,(H,13,16). The number of fused-ring (bicyclic) bond motifs is 1. The molecule has 0 atom stereocenters. The zero-order chi connectivity index (χ0) is 13.1. The second-order valence-electron chi connectivity index (χ2n) is 3.82. The molecule has 0 radical (unpaired) electrons. The third kappa shape index (κ3) is 2.37. The fraction of sp³-hybridized carbons (Fsp3) is 0.333. The van der Waals surface area contributed by atoms with Gasteiger partial charge in [-0.1, -0.05) is 0 Å². The molecule has 0 saturated carbocycles. The molecule has 1 aliphatic heterocycles. The van der Waals surface area contributed by atoms with Crippen molar-refractivity contribution in [3.05, 3.63) is 18.2 Å². The molecule has 0 spiro atoms. The minimum Gasteiger partial charge on any atom is -0.490 e. The highest BCUT2D eigenvalue weighted by Gasteiger charge is 2.21. The second kappa shape index (κ2) is 4.95. The smallest absolute Gasteiger partial charge is 0.411 e. The lowest BCUT2D eigenvalue weighted by molar-refractivity contribution is -0.116. The Morgan fingerprint density at radius 1 is 1.44 bits per heavy atom. The molecule has 1 aromatic carbocycles.